The van der Waals surface area contributed by atoms with Crippen molar-refractivity contribution in [2.75, 3.05) is 58.1 Å². The average Bonchev–Trinajstić information content (AvgIpc) is 3.70. The number of methoxy groups -OCH3 is 1. The maximum absolute atomic E-state index is 14.9. The molecule has 2 aliphatic carbocycles. The second-order valence-electron chi connectivity index (χ2n) is 17.6. The van der Waals surface area contributed by atoms with Crippen LogP contribution in [0.4, 0.5) is 5.69 Å². The Labute approximate surface area is 342 Å². The van der Waals surface area contributed by atoms with E-state index in [-0.39, 0.29) is 40.7 Å². The summed E-state index contributed by atoms with van der Waals surface area (Å²) in [7, 11) is 3.72. The van der Waals surface area contributed by atoms with E-state index in [0.29, 0.717) is 35.7 Å². The number of nitrogens with one attached hydrogen (secondary N) is 1. The lowest BCUT2D eigenvalue weighted by atomic mass is 9.66. The van der Waals surface area contributed by atoms with E-state index in [4.69, 9.17) is 25.8 Å². The lowest BCUT2D eigenvalue weighted by Gasteiger charge is -2.47. The molecule has 3 aromatic rings. The third kappa shape index (κ3) is 8.31. The Balaban J connectivity index is 1.19. The van der Waals surface area contributed by atoms with Crippen LogP contribution in [-0.4, -0.2) is 96.1 Å². The van der Waals surface area contributed by atoms with Crippen LogP contribution in [0.3, 0.4) is 0 Å². The number of fused-ring (bicyclic) bond motifs is 6. The summed E-state index contributed by atoms with van der Waals surface area (Å²) in [6.07, 6.45) is 10.7. The van der Waals surface area contributed by atoms with Gasteiger partial charge in [0, 0.05) is 42.3 Å². The molecule has 1 spiro atoms. The Hall–Kier alpha value is -3.65. The topological polar surface area (TPSA) is 128 Å². The number of aryl methyl sites for hydroxylation is 2. The monoisotopic (exact) mass is 820 g/mol. The second-order valence-corrected chi connectivity index (χ2v) is 20.1. The smallest absolute Gasteiger partial charge is 0.286 e. The number of nitrogens with zero attached hydrogens (tertiary/aromatic N) is 5. The van der Waals surface area contributed by atoms with Crippen LogP contribution in [-0.2, 0) is 33.5 Å². The first kappa shape index (κ1) is 40.1. The summed E-state index contributed by atoms with van der Waals surface area (Å²) in [6.45, 7) is 5.05. The lowest BCUT2D eigenvalue weighted by Crippen LogP contribution is -2.50. The molecule has 8 atom stereocenters. The third-order valence-electron chi connectivity index (χ3n) is 13.2. The predicted molar refractivity (Wildman–Crippen MR) is 222 cm³/mol. The first-order chi connectivity index (χ1) is 27.3. The SMILES string of the molecule is COc1nn(C)cc1C(=O)NS1(=O)=NC(=O)c2ccc3c(c2)N(C[C@@H]2CC[C@H]2[C@H]2O[C@H](CCN(C)C)C[C@@H]2CC[C@H](C)C1)C[C@@]1(CCCc2cc(Cl)ccc21)CO3. The van der Waals surface area contributed by atoms with E-state index < -0.39 is 21.7 Å². The van der Waals surface area contributed by atoms with Gasteiger partial charge in [0.15, 0.2) is 0 Å². The zero-order valence-electron chi connectivity index (χ0n) is 33.9. The van der Waals surface area contributed by atoms with Crippen molar-refractivity contribution in [1.82, 2.24) is 19.4 Å². The van der Waals surface area contributed by atoms with Gasteiger partial charge in [-0.05, 0) is 144 Å². The zero-order chi connectivity index (χ0) is 40.1. The number of rotatable bonds is 6. The minimum absolute atomic E-state index is 0.0214. The van der Waals surface area contributed by atoms with E-state index in [1.165, 1.54) is 29.1 Å². The van der Waals surface area contributed by atoms with Gasteiger partial charge in [0.1, 0.15) is 21.2 Å². The van der Waals surface area contributed by atoms with Gasteiger partial charge in [-0.25, -0.2) is 4.21 Å². The highest BCUT2D eigenvalue weighted by Gasteiger charge is 2.48. The molecular weight excluding hydrogens is 764 g/mol. The van der Waals surface area contributed by atoms with E-state index in [0.717, 1.165) is 88.1 Å². The molecule has 12 nitrogen and oxygen atoms in total. The van der Waals surface area contributed by atoms with E-state index in [1.807, 2.05) is 25.1 Å². The molecule has 2 amide bonds. The molecule has 1 unspecified atom stereocenters. The summed E-state index contributed by atoms with van der Waals surface area (Å²) in [5.41, 5.74) is 3.54. The Bertz CT molecular complexity index is 2130. The molecule has 1 aromatic heterocycles. The Kier molecular flexibility index (Phi) is 11.4. The van der Waals surface area contributed by atoms with Crippen molar-refractivity contribution < 1.29 is 28.0 Å². The van der Waals surface area contributed by atoms with Crippen molar-refractivity contribution in [2.24, 2.45) is 35.1 Å². The summed E-state index contributed by atoms with van der Waals surface area (Å²) in [5.74, 6) is 0.631. The van der Waals surface area contributed by atoms with Crippen LogP contribution >= 0.6 is 11.6 Å². The van der Waals surface area contributed by atoms with Gasteiger partial charge < -0.3 is 24.0 Å². The lowest BCUT2D eigenvalue weighted by molar-refractivity contribution is -0.0553. The highest BCUT2D eigenvalue weighted by molar-refractivity contribution is 7.92. The van der Waals surface area contributed by atoms with Crippen LogP contribution in [0.15, 0.2) is 47.0 Å². The number of benzene rings is 2. The molecule has 57 heavy (non-hydrogen) atoms. The molecule has 2 aromatic carbocycles. The van der Waals surface area contributed by atoms with Gasteiger partial charge in [-0.3, -0.25) is 19.0 Å². The number of aromatic nitrogens is 2. The van der Waals surface area contributed by atoms with Gasteiger partial charge in [-0.1, -0.05) is 24.6 Å². The molecule has 308 valence electrons. The quantitative estimate of drug-likeness (QED) is 0.290. The molecule has 5 aliphatic rings. The van der Waals surface area contributed by atoms with Gasteiger partial charge >= 0.3 is 0 Å². The molecule has 0 radical (unpaired) electrons. The minimum atomic E-state index is -3.60. The first-order valence-corrected chi connectivity index (χ1v) is 22.7. The Morgan fingerprint density at radius 2 is 1.96 bits per heavy atom. The molecule has 14 heteroatoms. The molecular formula is C43H57ClN6O6S. The van der Waals surface area contributed by atoms with Gasteiger partial charge in [0.2, 0.25) is 5.88 Å². The predicted octanol–water partition coefficient (Wildman–Crippen LogP) is 6.69. The number of ether oxygens (including phenoxy) is 3. The maximum Gasteiger partial charge on any atom is 0.286 e. The molecule has 1 saturated carbocycles. The number of carbonyl (C=O) groups excluding carboxylic acids is 2. The second kappa shape index (κ2) is 16.2. The van der Waals surface area contributed by atoms with Gasteiger partial charge in [-0.2, -0.15) is 0 Å². The summed E-state index contributed by atoms with van der Waals surface area (Å²) in [4.78, 5) is 32.6. The minimum Gasteiger partial charge on any atom is -0.490 e. The number of hydrogen-bond acceptors (Lipinski definition) is 9. The average molecular weight is 821 g/mol. The van der Waals surface area contributed by atoms with Crippen molar-refractivity contribution in [3.05, 3.63) is 69.9 Å². The molecule has 8 rings (SSSR count). The summed E-state index contributed by atoms with van der Waals surface area (Å²) < 4.78 is 42.5. The molecule has 3 aliphatic heterocycles. The Morgan fingerprint density at radius 3 is 2.74 bits per heavy atom. The zero-order valence-corrected chi connectivity index (χ0v) is 35.4. The summed E-state index contributed by atoms with van der Waals surface area (Å²) >= 11 is 6.52. The van der Waals surface area contributed by atoms with Crippen molar-refractivity contribution in [3.8, 4) is 11.6 Å². The number of carbonyl (C=O) groups is 2. The van der Waals surface area contributed by atoms with Gasteiger partial charge in [0.25, 0.3) is 11.8 Å². The molecule has 1 N–H and O–H groups in total. The molecule has 2 fully saturated rings. The summed E-state index contributed by atoms with van der Waals surface area (Å²) in [6, 6.07) is 11.7. The van der Waals surface area contributed by atoms with E-state index >= 15 is 0 Å². The number of halogens is 1. The Morgan fingerprint density at radius 1 is 1.14 bits per heavy atom. The van der Waals surface area contributed by atoms with Crippen LogP contribution in [0.2, 0.25) is 5.02 Å². The van der Waals surface area contributed by atoms with Crippen LogP contribution < -0.4 is 19.1 Å². The van der Waals surface area contributed by atoms with Crippen LogP contribution in [0.1, 0.15) is 90.1 Å². The van der Waals surface area contributed by atoms with Crippen molar-refractivity contribution >= 4 is 39.0 Å². The maximum atomic E-state index is 14.9. The molecule has 1 saturated heterocycles. The van der Waals surface area contributed by atoms with Crippen molar-refractivity contribution in [1.29, 1.82) is 0 Å². The molecule has 4 heterocycles. The van der Waals surface area contributed by atoms with E-state index in [1.54, 1.807) is 13.1 Å². The fourth-order valence-electron chi connectivity index (χ4n) is 10.2. The normalized spacial score (nSPS) is 31.3. The largest absolute Gasteiger partial charge is 0.490 e. The van der Waals surface area contributed by atoms with E-state index in [9.17, 15) is 13.8 Å². The van der Waals surface area contributed by atoms with Crippen LogP contribution in [0.25, 0.3) is 0 Å². The highest BCUT2D eigenvalue weighted by Crippen LogP contribution is 2.50. The summed E-state index contributed by atoms with van der Waals surface area (Å²) in [5, 5.41) is 4.94. The third-order valence-corrected chi connectivity index (χ3v) is 15.4. The van der Waals surface area contributed by atoms with E-state index in [2.05, 4.69) is 50.2 Å². The number of amides is 2. The fourth-order valence-corrected chi connectivity index (χ4v) is 12.3. The van der Waals surface area contributed by atoms with Crippen LogP contribution in [0, 0.1) is 23.7 Å². The first-order valence-electron chi connectivity index (χ1n) is 20.6. The number of hydrogen-bond donors (Lipinski definition) is 1. The standard InChI is InChI=1S/C43H57ClN6O6S/c1-27-8-9-29-20-33(16-18-48(2)3)56-39(29)34-13-10-31(34)22-50-25-43(17-6-7-28-19-32(44)12-14-36(28)43)26-55-38-15-11-30(21-37(38)50)40(51)46-57(53,24-27)47-41(52)35-23-49(4)45-42(35)54-5/h11-12,14-15,19,21,23,27,29,31,33-34,39H,6-10,13,16-18,20,22,24-26H2,1-5H3,(H,46,47,51,52,53)/t27-,29-,31-,33+,34+,39-,43-,57?/m0/s1. The highest BCUT2D eigenvalue weighted by atomic mass is 35.5. The van der Waals surface area contributed by atoms with Crippen LogP contribution in [0.5, 0.6) is 11.6 Å². The van der Waals surface area contributed by atoms with Gasteiger partial charge in [-0.15, -0.1) is 9.46 Å². The molecule has 2 bridgehead atoms. The van der Waals surface area contributed by atoms with Crippen molar-refractivity contribution in [3.63, 3.8) is 0 Å². The van der Waals surface area contributed by atoms with Gasteiger partial charge in [0.05, 0.1) is 37.4 Å². The fraction of sp³-hybridized carbons (Fsp3) is 0.605. The number of anilines is 1. The van der Waals surface area contributed by atoms with Crippen molar-refractivity contribution in [2.45, 2.75) is 82.3 Å².